The van der Waals surface area contributed by atoms with Gasteiger partial charge in [0.05, 0.1) is 6.61 Å². The number of rotatable bonds is 8. The van der Waals surface area contributed by atoms with Crippen molar-refractivity contribution in [2.45, 2.75) is 106 Å². The van der Waals surface area contributed by atoms with E-state index in [9.17, 15) is 0 Å². The summed E-state index contributed by atoms with van der Waals surface area (Å²) in [5.74, 6) is 1.42. The molecule has 1 aliphatic rings. The molecule has 2 atom stereocenters. The van der Waals surface area contributed by atoms with Crippen LogP contribution in [0.2, 0.25) is 0 Å². The summed E-state index contributed by atoms with van der Waals surface area (Å²) in [5, 5.41) is 0. The number of hydrogen-bond donors (Lipinski definition) is 0. The zero-order valence-electron chi connectivity index (χ0n) is 22.1. The Morgan fingerprint density at radius 1 is 0.818 bits per heavy atom. The lowest BCUT2D eigenvalue weighted by Crippen LogP contribution is -2.40. The van der Waals surface area contributed by atoms with E-state index in [0.29, 0.717) is 17.9 Å². The number of ether oxygens (including phenoxy) is 2. The van der Waals surface area contributed by atoms with E-state index in [1.807, 2.05) is 6.07 Å². The molecule has 0 heterocycles. The van der Waals surface area contributed by atoms with Gasteiger partial charge in [0.2, 0.25) is 6.29 Å². The van der Waals surface area contributed by atoms with Crippen LogP contribution in [0.1, 0.15) is 104 Å². The summed E-state index contributed by atoms with van der Waals surface area (Å²) in [6.07, 6.45) is 7.06. The van der Waals surface area contributed by atoms with Crippen LogP contribution < -0.4 is 4.74 Å². The summed E-state index contributed by atoms with van der Waals surface area (Å²) in [5.41, 5.74) is 3.14. The third-order valence-electron chi connectivity index (χ3n) is 7.20. The molecule has 0 radical (unpaired) electrons. The Morgan fingerprint density at radius 2 is 1.42 bits per heavy atom. The van der Waals surface area contributed by atoms with E-state index in [-0.39, 0.29) is 17.1 Å². The molecule has 2 aromatic rings. The molecule has 0 spiro atoms. The van der Waals surface area contributed by atoms with Crippen molar-refractivity contribution < 1.29 is 9.47 Å². The van der Waals surface area contributed by atoms with Crippen LogP contribution in [0.5, 0.6) is 5.75 Å². The molecule has 3 rings (SSSR count). The first kappa shape index (κ1) is 25.8. The molecule has 0 aromatic heterocycles. The van der Waals surface area contributed by atoms with E-state index in [0.717, 1.165) is 25.0 Å². The van der Waals surface area contributed by atoms with Gasteiger partial charge in [-0.3, -0.25) is 0 Å². The summed E-state index contributed by atoms with van der Waals surface area (Å²) in [4.78, 5) is 0. The smallest absolute Gasteiger partial charge is 0.205 e. The predicted molar refractivity (Wildman–Crippen MR) is 140 cm³/mol. The fourth-order valence-corrected chi connectivity index (χ4v) is 5.16. The van der Waals surface area contributed by atoms with E-state index >= 15 is 0 Å². The quantitative estimate of drug-likeness (QED) is 0.373. The van der Waals surface area contributed by atoms with Crippen molar-refractivity contribution in [1.29, 1.82) is 0 Å². The fourth-order valence-electron chi connectivity index (χ4n) is 5.16. The lowest BCUT2D eigenvalue weighted by Gasteiger charge is -2.40. The van der Waals surface area contributed by atoms with Gasteiger partial charge in [0.15, 0.2) is 0 Å². The summed E-state index contributed by atoms with van der Waals surface area (Å²) in [6, 6.07) is 19.3. The normalized spacial score (nSPS) is 18.5. The summed E-state index contributed by atoms with van der Waals surface area (Å²) in [6.45, 7) is 17.0. The molecule has 0 N–H and O–H groups in total. The van der Waals surface area contributed by atoms with Crippen molar-refractivity contribution in [3.8, 4) is 5.75 Å². The second-order valence-corrected chi connectivity index (χ2v) is 12.7. The average Bonchev–Trinajstić information content (AvgIpc) is 2.75. The van der Waals surface area contributed by atoms with Crippen molar-refractivity contribution >= 4 is 0 Å². The Kier molecular flexibility index (Phi) is 8.32. The third kappa shape index (κ3) is 7.60. The van der Waals surface area contributed by atoms with Crippen molar-refractivity contribution in [3.63, 3.8) is 0 Å². The molecule has 33 heavy (non-hydrogen) atoms. The van der Waals surface area contributed by atoms with E-state index in [1.54, 1.807) is 0 Å². The van der Waals surface area contributed by atoms with Crippen LogP contribution in [-0.4, -0.2) is 6.29 Å². The second-order valence-electron chi connectivity index (χ2n) is 12.7. The molecule has 0 aliphatic heterocycles. The Morgan fingerprint density at radius 3 is 1.97 bits per heavy atom. The highest BCUT2D eigenvalue weighted by atomic mass is 16.7. The zero-order valence-corrected chi connectivity index (χ0v) is 22.1. The molecule has 2 nitrogen and oxygen atoms in total. The highest BCUT2D eigenvalue weighted by molar-refractivity contribution is 5.31. The summed E-state index contributed by atoms with van der Waals surface area (Å²) < 4.78 is 13.0. The molecule has 2 heteroatoms. The summed E-state index contributed by atoms with van der Waals surface area (Å²) in [7, 11) is 0. The summed E-state index contributed by atoms with van der Waals surface area (Å²) >= 11 is 0. The van der Waals surface area contributed by atoms with Gasteiger partial charge in [0.25, 0.3) is 0 Å². The molecule has 2 unspecified atom stereocenters. The first-order valence-electron chi connectivity index (χ1n) is 12.9. The van der Waals surface area contributed by atoms with Crippen LogP contribution in [-0.2, 0) is 11.3 Å². The molecule has 1 fully saturated rings. The average molecular weight is 451 g/mol. The lowest BCUT2D eigenvalue weighted by molar-refractivity contribution is -0.169. The van der Waals surface area contributed by atoms with Crippen molar-refractivity contribution in [2.75, 3.05) is 0 Å². The molecule has 0 bridgehead atoms. The largest absolute Gasteiger partial charge is 0.464 e. The maximum Gasteiger partial charge on any atom is 0.205 e. The molecular formula is C31H46O2. The molecule has 2 aromatic carbocycles. The van der Waals surface area contributed by atoms with Crippen molar-refractivity contribution in [3.05, 3.63) is 65.7 Å². The van der Waals surface area contributed by atoms with Crippen molar-refractivity contribution in [2.24, 2.45) is 16.2 Å². The molecule has 0 amide bonds. The van der Waals surface area contributed by atoms with Gasteiger partial charge in [-0.2, -0.15) is 0 Å². The SMILES string of the molecule is CC(C)(C)CC(c1ccc(OC(OCc2ccccc2)C2(C)CCCCC2)cc1)C(C)(C)C. The first-order chi connectivity index (χ1) is 15.5. The van der Waals surface area contributed by atoms with Gasteiger partial charge in [0, 0.05) is 5.41 Å². The molecular weight excluding hydrogens is 404 g/mol. The Balaban J connectivity index is 1.77. The van der Waals surface area contributed by atoms with Crippen molar-refractivity contribution in [1.82, 2.24) is 0 Å². The van der Waals surface area contributed by atoms with Crippen LogP contribution in [0, 0.1) is 16.2 Å². The Hall–Kier alpha value is -1.80. The molecule has 0 saturated heterocycles. The van der Waals surface area contributed by atoms with Gasteiger partial charge in [-0.1, -0.05) is 110 Å². The lowest BCUT2D eigenvalue weighted by atomic mass is 9.69. The molecule has 1 aliphatic carbocycles. The Labute approximate surface area is 203 Å². The minimum absolute atomic E-state index is 0.0475. The monoisotopic (exact) mass is 450 g/mol. The van der Waals surface area contributed by atoms with E-state index in [4.69, 9.17) is 9.47 Å². The van der Waals surface area contributed by atoms with E-state index < -0.39 is 0 Å². The second kappa shape index (κ2) is 10.6. The van der Waals surface area contributed by atoms with Crippen LogP contribution >= 0.6 is 0 Å². The van der Waals surface area contributed by atoms with Gasteiger partial charge in [-0.15, -0.1) is 0 Å². The minimum Gasteiger partial charge on any atom is -0.464 e. The molecule has 1 saturated carbocycles. The first-order valence-corrected chi connectivity index (χ1v) is 12.9. The van der Waals surface area contributed by atoms with Gasteiger partial charge in [0.1, 0.15) is 5.75 Å². The van der Waals surface area contributed by atoms with Gasteiger partial charge in [-0.25, -0.2) is 0 Å². The fraction of sp³-hybridized carbons (Fsp3) is 0.613. The minimum atomic E-state index is -0.239. The third-order valence-corrected chi connectivity index (χ3v) is 7.20. The van der Waals surface area contributed by atoms with Crippen LogP contribution in [0.15, 0.2) is 54.6 Å². The number of hydrogen-bond acceptors (Lipinski definition) is 2. The molecule has 182 valence electrons. The maximum atomic E-state index is 6.58. The van der Waals surface area contributed by atoms with Crippen LogP contribution in [0.25, 0.3) is 0 Å². The topological polar surface area (TPSA) is 18.5 Å². The van der Waals surface area contributed by atoms with Crippen LogP contribution in [0.4, 0.5) is 0 Å². The maximum absolute atomic E-state index is 6.58. The van der Waals surface area contributed by atoms with Gasteiger partial charge >= 0.3 is 0 Å². The van der Waals surface area contributed by atoms with Crippen LogP contribution in [0.3, 0.4) is 0 Å². The van der Waals surface area contributed by atoms with Gasteiger partial charge < -0.3 is 9.47 Å². The predicted octanol–water partition coefficient (Wildman–Crippen LogP) is 9.14. The van der Waals surface area contributed by atoms with Gasteiger partial charge in [-0.05, 0) is 59.3 Å². The van der Waals surface area contributed by atoms with E-state index in [1.165, 1.54) is 30.4 Å². The number of benzene rings is 2. The van der Waals surface area contributed by atoms with E-state index in [2.05, 4.69) is 97.0 Å². The zero-order chi connectivity index (χ0) is 24.1. The Bertz CT molecular complexity index is 833. The highest BCUT2D eigenvalue weighted by Crippen LogP contribution is 2.44. The standard InChI is InChI=1S/C31H46O2/c1-29(2,3)22-27(30(4,5)6)25-16-18-26(19-17-25)33-28(31(7)20-12-9-13-21-31)32-23-24-14-10-8-11-15-24/h8,10-11,14-19,27-28H,9,12-13,20-23H2,1-7H3. The highest BCUT2D eigenvalue weighted by Gasteiger charge is 2.38.